The fourth-order valence-electron chi connectivity index (χ4n) is 2.18. The molecule has 0 unspecified atom stereocenters. The van der Waals surface area contributed by atoms with Gasteiger partial charge in [0.05, 0.1) is 0 Å². The van der Waals surface area contributed by atoms with Crippen molar-refractivity contribution >= 4 is 0 Å². The largest absolute Gasteiger partial charge is 0.330 e. The minimum Gasteiger partial charge on any atom is -0.330 e. The third-order valence-electron chi connectivity index (χ3n) is 3.24. The van der Waals surface area contributed by atoms with Crippen LogP contribution in [0.5, 0.6) is 0 Å². The molecule has 0 heterocycles. The first-order valence-corrected chi connectivity index (χ1v) is 5.80. The number of hydrogen-bond acceptors (Lipinski definition) is 2. The summed E-state index contributed by atoms with van der Waals surface area (Å²) in [5.74, 6) is 1.01. The van der Waals surface area contributed by atoms with Crippen LogP contribution in [0.4, 0.5) is 0 Å². The van der Waals surface area contributed by atoms with Crippen molar-refractivity contribution in [2.45, 2.75) is 51.5 Å². The molecule has 1 rings (SSSR count). The molecule has 0 bridgehead atoms. The van der Waals surface area contributed by atoms with Crippen molar-refractivity contribution in [3.8, 4) is 0 Å². The van der Waals surface area contributed by atoms with Gasteiger partial charge in [-0.3, -0.25) is 0 Å². The Kier molecular flexibility index (Phi) is 5.40. The van der Waals surface area contributed by atoms with E-state index in [2.05, 4.69) is 12.2 Å². The molecule has 78 valence electrons. The molecule has 1 aliphatic carbocycles. The van der Waals surface area contributed by atoms with Crippen LogP contribution < -0.4 is 11.1 Å². The Balaban J connectivity index is 2.03. The van der Waals surface area contributed by atoms with Gasteiger partial charge in [-0.1, -0.05) is 13.3 Å². The third-order valence-corrected chi connectivity index (χ3v) is 3.24. The van der Waals surface area contributed by atoms with Gasteiger partial charge >= 0.3 is 0 Å². The zero-order valence-electron chi connectivity index (χ0n) is 8.89. The van der Waals surface area contributed by atoms with Crippen LogP contribution in [0.2, 0.25) is 0 Å². The van der Waals surface area contributed by atoms with E-state index < -0.39 is 0 Å². The SMILES string of the molecule is CCC1CCC(NCCCN)CC1. The smallest absolute Gasteiger partial charge is 0.00672 e. The molecule has 0 spiro atoms. The highest BCUT2D eigenvalue weighted by molar-refractivity contribution is 4.76. The molecule has 0 aromatic carbocycles. The molecule has 1 saturated carbocycles. The molecule has 0 aliphatic heterocycles. The molecule has 0 aromatic heterocycles. The second kappa shape index (κ2) is 6.39. The van der Waals surface area contributed by atoms with Gasteiger partial charge in [0.1, 0.15) is 0 Å². The average Bonchev–Trinajstić information content (AvgIpc) is 2.19. The molecule has 0 atom stereocenters. The van der Waals surface area contributed by atoms with E-state index >= 15 is 0 Å². The number of nitrogens with one attached hydrogen (secondary N) is 1. The monoisotopic (exact) mass is 184 g/mol. The topological polar surface area (TPSA) is 38.0 Å². The number of nitrogens with two attached hydrogens (primary N) is 1. The van der Waals surface area contributed by atoms with E-state index in [1.165, 1.54) is 32.1 Å². The maximum Gasteiger partial charge on any atom is 0.00672 e. The Labute approximate surface area is 82.3 Å². The molecule has 0 amide bonds. The third kappa shape index (κ3) is 4.10. The van der Waals surface area contributed by atoms with Crippen LogP contribution in [0, 0.1) is 5.92 Å². The van der Waals surface area contributed by atoms with Gasteiger partial charge in [-0.05, 0) is 51.1 Å². The molecule has 0 aromatic rings. The summed E-state index contributed by atoms with van der Waals surface area (Å²) in [4.78, 5) is 0. The number of rotatable bonds is 5. The summed E-state index contributed by atoms with van der Waals surface area (Å²) in [6.45, 7) is 4.24. The standard InChI is InChI=1S/C11H24N2/c1-2-10-4-6-11(7-5-10)13-9-3-8-12/h10-11,13H,2-9,12H2,1H3. The second-order valence-corrected chi connectivity index (χ2v) is 4.22. The predicted molar refractivity (Wildman–Crippen MR) is 57.7 cm³/mol. The lowest BCUT2D eigenvalue weighted by Gasteiger charge is -2.28. The van der Waals surface area contributed by atoms with Crippen molar-refractivity contribution < 1.29 is 0 Å². The predicted octanol–water partition coefficient (Wildman–Crippen LogP) is 1.89. The van der Waals surface area contributed by atoms with E-state index in [-0.39, 0.29) is 0 Å². The van der Waals surface area contributed by atoms with E-state index in [0.29, 0.717) is 0 Å². The van der Waals surface area contributed by atoms with Crippen molar-refractivity contribution in [1.82, 2.24) is 5.32 Å². The maximum atomic E-state index is 5.45. The normalized spacial score (nSPS) is 29.1. The molecule has 1 aliphatic rings. The van der Waals surface area contributed by atoms with E-state index in [1.807, 2.05) is 0 Å². The fraction of sp³-hybridized carbons (Fsp3) is 1.00. The second-order valence-electron chi connectivity index (χ2n) is 4.22. The highest BCUT2D eigenvalue weighted by atomic mass is 14.9. The van der Waals surface area contributed by atoms with Crippen LogP contribution in [-0.4, -0.2) is 19.1 Å². The molecule has 3 N–H and O–H groups in total. The van der Waals surface area contributed by atoms with Crippen LogP contribution in [-0.2, 0) is 0 Å². The lowest BCUT2D eigenvalue weighted by molar-refractivity contribution is 0.286. The molecule has 0 saturated heterocycles. The minimum atomic E-state index is 0.786. The van der Waals surface area contributed by atoms with E-state index in [0.717, 1.165) is 31.5 Å². The molecular weight excluding hydrogens is 160 g/mol. The van der Waals surface area contributed by atoms with Crippen LogP contribution >= 0.6 is 0 Å². The summed E-state index contributed by atoms with van der Waals surface area (Å²) in [6.07, 6.45) is 8.10. The highest BCUT2D eigenvalue weighted by Gasteiger charge is 2.18. The number of hydrogen-bond donors (Lipinski definition) is 2. The summed E-state index contributed by atoms with van der Waals surface area (Å²) in [7, 11) is 0. The molecule has 0 radical (unpaired) electrons. The van der Waals surface area contributed by atoms with Gasteiger partial charge in [-0.25, -0.2) is 0 Å². The van der Waals surface area contributed by atoms with Crippen molar-refractivity contribution in [2.24, 2.45) is 11.7 Å². The van der Waals surface area contributed by atoms with E-state index in [9.17, 15) is 0 Å². The van der Waals surface area contributed by atoms with E-state index in [1.54, 1.807) is 0 Å². The van der Waals surface area contributed by atoms with Crippen molar-refractivity contribution in [3.05, 3.63) is 0 Å². The molecular formula is C11H24N2. The highest BCUT2D eigenvalue weighted by Crippen LogP contribution is 2.26. The Morgan fingerprint density at radius 1 is 1.23 bits per heavy atom. The summed E-state index contributed by atoms with van der Waals surface area (Å²) >= 11 is 0. The van der Waals surface area contributed by atoms with Gasteiger partial charge in [0, 0.05) is 6.04 Å². The van der Waals surface area contributed by atoms with Crippen molar-refractivity contribution in [3.63, 3.8) is 0 Å². The van der Waals surface area contributed by atoms with Gasteiger partial charge in [-0.2, -0.15) is 0 Å². The average molecular weight is 184 g/mol. The first-order chi connectivity index (χ1) is 6.36. The van der Waals surface area contributed by atoms with Crippen molar-refractivity contribution in [2.75, 3.05) is 13.1 Å². The van der Waals surface area contributed by atoms with Crippen molar-refractivity contribution in [1.29, 1.82) is 0 Å². The Bertz CT molecular complexity index is 115. The minimum absolute atomic E-state index is 0.786. The summed E-state index contributed by atoms with van der Waals surface area (Å²) in [6, 6.07) is 0.786. The molecule has 2 nitrogen and oxygen atoms in total. The van der Waals surface area contributed by atoms with Gasteiger partial charge < -0.3 is 11.1 Å². The molecule has 2 heteroatoms. The summed E-state index contributed by atoms with van der Waals surface area (Å²) < 4.78 is 0. The first kappa shape index (κ1) is 11.0. The fourth-order valence-corrected chi connectivity index (χ4v) is 2.18. The van der Waals surface area contributed by atoms with Gasteiger partial charge in [0.2, 0.25) is 0 Å². The van der Waals surface area contributed by atoms with E-state index in [4.69, 9.17) is 5.73 Å². The first-order valence-electron chi connectivity index (χ1n) is 5.80. The lowest BCUT2D eigenvalue weighted by atomic mass is 9.84. The molecule has 13 heavy (non-hydrogen) atoms. The van der Waals surface area contributed by atoms with Gasteiger partial charge in [-0.15, -0.1) is 0 Å². The zero-order chi connectivity index (χ0) is 9.52. The van der Waals surface area contributed by atoms with Crippen LogP contribution in [0.15, 0.2) is 0 Å². The summed E-state index contributed by atoms with van der Waals surface area (Å²) in [5, 5.41) is 3.59. The molecule has 1 fully saturated rings. The Morgan fingerprint density at radius 2 is 1.92 bits per heavy atom. The summed E-state index contributed by atoms with van der Waals surface area (Å²) in [5.41, 5.74) is 5.45. The lowest BCUT2D eigenvalue weighted by Crippen LogP contribution is -2.34. The zero-order valence-corrected chi connectivity index (χ0v) is 8.89. The Hall–Kier alpha value is -0.0800. The van der Waals surface area contributed by atoms with Gasteiger partial charge in [0.25, 0.3) is 0 Å². The van der Waals surface area contributed by atoms with Crippen LogP contribution in [0.3, 0.4) is 0 Å². The van der Waals surface area contributed by atoms with Crippen LogP contribution in [0.25, 0.3) is 0 Å². The van der Waals surface area contributed by atoms with Gasteiger partial charge in [0.15, 0.2) is 0 Å². The Morgan fingerprint density at radius 3 is 2.46 bits per heavy atom. The quantitative estimate of drug-likeness (QED) is 0.640. The van der Waals surface area contributed by atoms with Crippen LogP contribution in [0.1, 0.15) is 45.4 Å². The maximum absolute atomic E-state index is 5.45.